The summed E-state index contributed by atoms with van der Waals surface area (Å²) in [6, 6.07) is 0. The molecule has 48 heavy (non-hydrogen) atoms. The highest BCUT2D eigenvalue weighted by atomic mass is 16.6. The highest BCUT2D eigenvalue weighted by Crippen LogP contribution is 2.61. The average molecular weight is 672 g/mol. The van der Waals surface area contributed by atoms with Gasteiger partial charge in [0.1, 0.15) is 19.8 Å². The maximum Gasteiger partial charge on any atom is 0.320 e. The maximum atomic E-state index is 13.1. The second-order valence-corrected chi connectivity index (χ2v) is 15.6. The van der Waals surface area contributed by atoms with E-state index < -0.39 is 0 Å². The van der Waals surface area contributed by atoms with Crippen LogP contribution in [0.1, 0.15) is 149 Å². The Bertz CT molecular complexity index is 954. The highest BCUT2D eigenvalue weighted by Gasteiger charge is 2.51. The summed E-state index contributed by atoms with van der Waals surface area (Å²) in [6.45, 7) is 5.59. The van der Waals surface area contributed by atoms with E-state index in [9.17, 15) is 14.4 Å². The Kier molecular flexibility index (Phi) is 19.5. The molecule has 274 valence electrons. The second-order valence-electron chi connectivity index (χ2n) is 15.6. The van der Waals surface area contributed by atoms with Crippen LogP contribution >= 0.6 is 0 Å². The van der Waals surface area contributed by atoms with Gasteiger partial charge in [-0.15, -0.1) is 0 Å². The van der Waals surface area contributed by atoms with E-state index in [1.54, 1.807) is 0 Å². The van der Waals surface area contributed by atoms with Crippen LogP contribution in [0.4, 0.5) is 0 Å². The summed E-state index contributed by atoms with van der Waals surface area (Å²) in [5.41, 5.74) is 0.117. The van der Waals surface area contributed by atoms with Crippen molar-refractivity contribution in [2.45, 2.75) is 149 Å². The first-order valence-corrected chi connectivity index (χ1v) is 19.8. The van der Waals surface area contributed by atoms with Gasteiger partial charge in [0.2, 0.25) is 0 Å². The predicted octanol–water partition coefficient (Wildman–Crippen LogP) is 9.38. The molecule has 4 rings (SSSR count). The number of rotatable bonds is 27. The number of carbonyl (C=O) groups is 3. The van der Waals surface area contributed by atoms with Crippen molar-refractivity contribution in [3.05, 3.63) is 24.3 Å². The van der Waals surface area contributed by atoms with Crippen LogP contribution in [-0.2, 0) is 28.6 Å². The lowest BCUT2D eigenvalue weighted by Gasteiger charge is -2.56. The molecule has 0 saturated heterocycles. The van der Waals surface area contributed by atoms with Gasteiger partial charge in [-0.1, -0.05) is 76.7 Å². The number of esters is 3. The molecule has 4 bridgehead atoms. The summed E-state index contributed by atoms with van der Waals surface area (Å²) >= 11 is 0. The largest absolute Gasteiger partial charge is 0.465 e. The number of hydrogen-bond acceptors (Lipinski definition) is 7. The van der Waals surface area contributed by atoms with Crippen molar-refractivity contribution in [1.82, 2.24) is 4.90 Å². The van der Waals surface area contributed by atoms with Gasteiger partial charge in [0.25, 0.3) is 0 Å². The summed E-state index contributed by atoms with van der Waals surface area (Å²) in [4.78, 5) is 39.9. The first-order valence-electron chi connectivity index (χ1n) is 19.8. The highest BCUT2D eigenvalue weighted by molar-refractivity contribution is 5.72. The average Bonchev–Trinajstić information content (AvgIpc) is 3.03. The van der Waals surface area contributed by atoms with Gasteiger partial charge >= 0.3 is 17.9 Å². The minimum Gasteiger partial charge on any atom is -0.465 e. The molecule has 0 radical (unpaired) electrons. The van der Waals surface area contributed by atoms with Crippen molar-refractivity contribution in [2.24, 2.45) is 29.1 Å². The molecular formula is C41H69NO6. The van der Waals surface area contributed by atoms with E-state index in [0.717, 1.165) is 82.1 Å². The Morgan fingerprint density at radius 2 is 1.19 bits per heavy atom. The Morgan fingerprint density at radius 3 is 1.77 bits per heavy atom. The molecule has 0 heterocycles. The number of ether oxygens (including phenoxy) is 3. The molecule has 0 aromatic rings. The molecule has 4 aliphatic carbocycles. The summed E-state index contributed by atoms with van der Waals surface area (Å²) in [5, 5.41) is 0. The van der Waals surface area contributed by atoms with E-state index in [4.69, 9.17) is 14.2 Å². The van der Waals surface area contributed by atoms with Crippen LogP contribution in [0.5, 0.6) is 0 Å². The van der Waals surface area contributed by atoms with Crippen LogP contribution in [0, 0.1) is 29.1 Å². The van der Waals surface area contributed by atoms with E-state index in [2.05, 4.69) is 38.2 Å². The third-order valence-electron chi connectivity index (χ3n) is 10.7. The van der Waals surface area contributed by atoms with Crippen molar-refractivity contribution in [1.29, 1.82) is 0 Å². The molecule has 0 aliphatic heterocycles. The number of hydrogen-bond donors (Lipinski definition) is 0. The number of nitrogens with zero attached hydrogens (tertiary/aromatic N) is 1. The summed E-state index contributed by atoms with van der Waals surface area (Å²) in [7, 11) is 1.89. The van der Waals surface area contributed by atoms with Crippen molar-refractivity contribution in [3.63, 3.8) is 0 Å². The second kappa shape index (κ2) is 23.3. The number of likely N-dealkylation sites (N-methyl/N-ethyl adjacent to an activating group) is 1. The van der Waals surface area contributed by atoms with Gasteiger partial charge in [0.15, 0.2) is 0 Å². The minimum absolute atomic E-state index is 0.0711. The van der Waals surface area contributed by atoms with Crippen LogP contribution in [0.2, 0.25) is 0 Å². The Balaban J connectivity index is 1.29. The van der Waals surface area contributed by atoms with Crippen molar-refractivity contribution < 1.29 is 28.6 Å². The molecule has 4 saturated carbocycles. The van der Waals surface area contributed by atoms with E-state index in [1.807, 2.05) is 11.9 Å². The molecule has 4 fully saturated rings. The van der Waals surface area contributed by atoms with Crippen LogP contribution in [0.15, 0.2) is 24.3 Å². The molecular weight excluding hydrogens is 602 g/mol. The van der Waals surface area contributed by atoms with Gasteiger partial charge in [0.05, 0.1) is 18.9 Å². The lowest BCUT2D eigenvalue weighted by atomic mass is 9.49. The topological polar surface area (TPSA) is 82.1 Å². The summed E-state index contributed by atoms with van der Waals surface area (Å²) in [6.07, 6.45) is 32.4. The van der Waals surface area contributed by atoms with Crippen molar-refractivity contribution in [2.75, 3.05) is 40.0 Å². The third kappa shape index (κ3) is 16.5. The monoisotopic (exact) mass is 672 g/mol. The molecule has 0 aromatic heterocycles. The van der Waals surface area contributed by atoms with E-state index in [-0.39, 0.29) is 55.6 Å². The molecule has 0 aromatic carbocycles. The quantitative estimate of drug-likeness (QED) is 0.0372. The van der Waals surface area contributed by atoms with Crippen LogP contribution in [-0.4, -0.2) is 62.8 Å². The van der Waals surface area contributed by atoms with Crippen molar-refractivity contribution in [3.8, 4) is 0 Å². The normalized spacial score (nSPS) is 23.7. The van der Waals surface area contributed by atoms with Gasteiger partial charge in [-0.2, -0.15) is 0 Å². The molecule has 7 nitrogen and oxygen atoms in total. The molecule has 0 N–H and O–H groups in total. The number of unbranched alkanes of at least 4 members (excludes halogenated alkanes) is 9. The third-order valence-corrected chi connectivity index (χ3v) is 10.7. The Labute approximate surface area is 293 Å². The molecule has 0 spiro atoms. The fraction of sp³-hybridized carbons (Fsp3) is 0.829. The first-order chi connectivity index (χ1) is 23.3. The van der Waals surface area contributed by atoms with Gasteiger partial charge in [-0.05, 0) is 120 Å². The Morgan fingerprint density at radius 1 is 0.667 bits per heavy atom. The Hall–Kier alpha value is -2.15. The molecule has 7 heteroatoms. The molecule has 0 amide bonds. The van der Waals surface area contributed by atoms with Gasteiger partial charge in [0, 0.05) is 6.42 Å². The number of allylic oxidation sites excluding steroid dienone is 4. The fourth-order valence-electron chi connectivity index (χ4n) is 8.70. The van der Waals surface area contributed by atoms with E-state index in [1.165, 1.54) is 64.2 Å². The summed E-state index contributed by atoms with van der Waals surface area (Å²) < 4.78 is 16.9. The first kappa shape index (κ1) is 40.3. The zero-order valence-electron chi connectivity index (χ0n) is 30.9. The predicted molar refractivity (Wildman–Crippen MR) is 193 cm³/mol. The zero-order valence-corrected chi connectivity index (χ0v) is 30.9. The lowest BCUT2D eigenvalue weighted by molar-refractivity contribution is -0.157. The van der Waals surface area contributed by atoms with E-state index in [0.29, 0.717) is 12.8 Å². The lowest BCUT2D eigenvalue weighted by Crippen LogP contribution is -2.47. The summed E-state index contributed by atoms with van der Waals surface area (Å²) in [5.74, 6) is 1.26. The fourth-order valence-corrected chi connectivity index (χ4v) is 8.70. The molecule has 1 unspecified atom stereocenters. The SMILES string of the molecule is CCCCC/C=C\C/C=C\CCCCCCCCC(=O)OCC(COC(=O)CN(C)CCC)COC(=O)CC12CC3CC(CC(C3)C1)C2. The van der Waals surface area contributed by atoms with Crippen LogP contribution < -0.4 is 0 Å². The minimum atomic E-state index is -0.370. The maximum absolute atomic E-state index is 13.1. The smallest absolute Gasteiger partial charge is 0.320 e. The van der Waals surface area contributed by atoms with Crippen molar-refractivity contribution >= 4 is 17.9 Å². The molecule has 1 atom stereocenters. The van der Waals surface area contributed by atoms with Crippen LogP contribution in [0.25, 0.3) is 0 Å². The van der Waals surface area contributed by atoms with Crippen LogP contribution in [0.3, 0.4) is 0 Å². The number of carbonyl (C=O) groups excluding carboxylic acids is 3. The zero-order chi connectivity index (χ0) is 34.5. The van der Waals surface area contributed by atoms with E-state index >= 15 is 0 Å². The van der Waals surface area contributed by atoms with Gasteiger partial charge in [-0.3, -0.25) is 19.3 Å². The van der Waals surface area contributed by atoms with Gasteiger partial charge < -0.3 is 14.2 Å². The van der Waals surface area contributed by atoms with Gasteiger partial charge in [-0.25, -0.2) is 0 Å². The molecule has 4 aliphatic rings. The standard InChI is InChI=1S/C41H69NO6/c1-4-6-7-8-9-10-11-12-13-14-15-16-17-18-19-20-21-38(43)46-31-37(33-48-40(45)30-42(3)22-5-2)32-47-39(44)29-41-26-34-23-35(27-41)25-36(24-34)28-41/h9-10,12-13,34-37H,4-8,11,14-33H2,1-3H3/b10-9-,13-12-.